The third kappa shape index (κ3) is 3.21. The Hall–Kier alpha value is -0.570. The molecule has 0 aliphatic rings. The van der Waals surface area contributed by atoms with Crippen LogP contribution in [0, 0.1) is 12.3 Å². The summed E-state index contributed by atoms with van der Waals surface area (Å²) in [5.74, 6) is 0.898. The maximum atomic E-state index is 5.88. The van der Waals surface area contributed by atoms with Gasteiger partial charge in [-0.25, -0.2) is 0 Å². The van der Waals surface area contributed by atoms with E-state index in [1.54, 1.807) is 6.20 Å². The van der Waals surface area contributed by atoms with Crippen LogP contribution in [0.25, 0.3) is 0 Å². The van der Waals surface area contributed by atoms with Crippen LogP contribution < -0.4 is 4.74 Å². The molecule has 0 saturated carbocycles. The summed E-state index contributed by atoms with van der Waals surface area (Å²) in [6.45, 7) is 7.15. The lowest BCUT2D eigenvalue weighted by Crippen LogP contribution is -2.29. The first kappa shape index (κ1) is 13.5. The van der Waals surface area contributed by atoms with Gasteiger partial charge in [-0.05, 0) is 31.9 Å². The van der Waals surface area contributed by atoms with Gasteiger partial charge in [-0.15, -0.1) is 0 Å². The number of halogens is 1. The van der Waals surface area contributed by atoms with Crippen molar-refractivity contribution in [2.45, 2.75) is 33.6 Å². The quantitative estimate of drug-likeness (QED) is 0.738. The molecule has 16 heavy (non-hydrogen) atoms. The summed E-state index contributed by atoms with van der Waals surface area (Å²) in [6, 6.07) is 3.89. The van der Waals surface area contributed by atoms with E-state index < -0.39 is 0 Å². The van der Waals surface area contributed by atoms with Crippen LogP contribution in [0.15, 0.2) is 18.3 Å². The van der Waals surface area contributed by atoms with Crippen molar-refractivity contribution in [2.24, 2.45) is 5.41 Å². The predicted octanol–water partition coefficient (Wildman–Crippen LogP) is 3.97. The lowest BCUT2D eigenvalue weighted by atomic mass is 9.86. The van der Waals surface area contributed by atoms with Gasteiger partial charge in [0, 0.05) is 16.9 Å². The van der Waals surface area contributed by atoms with Crippen LogP contribution in [-0.2, 0) is 0 Å². The Morgan fingerprint density at radius 1 is 1.38 bits per heavy atom. The summed E-state index contributed by atoms with van der Waals surface area (Å²) in [5.41, 5.74) is 1.20. The first-order valence-electron chi connectivity index (χ1n) is 5.78. The first-order valence-corrected chi connectivity index (χ1v) is 6.90. The standard InChI is InChI=1S/C13H20BrNO/c1-4-13(5-2,9-14)10-16-12-7-6-8-15-11(12)3/h6-8H,4-5,9-10H2,1-3H3. The zero-order chi connectivity index (χ0) is 12.0. The second kappa shape index (κ2) is 6.24. The normalized spacial score (nSPS) is 11.5. The van der Waals surface area contributed by atoms with E-state index in [4.69, 9.17) is 4.74 Å². The average Bonchev–Trinajstić information content (AvgIpc) is 2.34. The highest BCUT2D eigenvalue weighted by molar-refractivity contribution is 9.09. The van der Waals surface area contributed by atoms with E-state index in [1.807, 2.05) is 19.1 Å². The Labute approximate surface area is 107 Å². The van der Waals surface area contributed by atoms with Crippen molar-refractivity contribution in [1.29, 1.82) is 0 Å². The monoisotopic (exact) mass is 285 g/mol. The van der Waals surface area contributed by atoms with Crippen molar-refractivity contribution in [3.05, 3.63) is 24.0 Å². The molecule has 0 N–H and O–H groups in total. The Balaban J connectivity index is 2.66. The molecule has 0 saturated heterocycles. The van der Waals surface area contributed by atoms with Gasteiger partial charge in [0.05, 0.1) is 12.3 Å². The Morgan fingerprint density at radius 2 is 2.06 bits per heavy atom. The van der Waals surface area contributed by atoms with Crippen molar-refractivity contribution >= 4 is 15.9 Å². The Kier molecular flexibility index (Phi) is 5.26. The molecule has 0 aliphatic carbocycles. The molecule has 1 rings (SSSR count). The van der Waals surface area contributed by atoms with Crippen LogP contribution >= 0.6 is 15.9 Å². The van der Waals surface area contributed by atoms with E-state index >= 15 is 0 Å². The van der Waals surface area contributed by atoms with Crippen molar-refractivity contribution < 1.29 is 4.74 Å². The third-order valence-electron chi connectivity index (χ3n) is 3.28. The van der Waals surface area contributed by atoms with Gasteiger partial charge in [-0.2, -0.15) is 0 Å². The van der Waals surface area contributed by atoms with Crippen LogP contribution in [0.1, 0.15) is 32.4 Å². The molecule has 0 aromatic carbocycles. The van der Waals surface area contributed by atoms with Crippen LogP contribution in [0.5, 0.6) is 5.75 Å². The third-order valence-corrected chi connectivity index (χ3v) is 4.47. The highest BCUT2D eigenvalue weighted by Gasteiger charge is 2.26. The molecule has 1 aromatic rings. The fourth-order valence-corrected chi connectivity index (χ4v) is 2.49. The fourth-order valence-electron chi connectivity index (χ4n) is 1.53. The Bertz CT molecular complexity index is 315. The van der Waals surface area contributed by atoms with Crippen molar-refractivity contribution in [2.75, 3.05) is 11.9 Å². The summed E-state index contributed by atoms with van der Waals surface area (Å²) in [4.78, 5) is 4.22. The van der Waals surface area contributed by atoms with E-state index in [2.05, 4.69) is 34.8 Å². The molecule has 0 fully saturated rings. The molecule has 0 amide bonds. The van der Waals surface area contributed by atoms with E-state index in [9.17, 15) is 0 Å². The number of alkyl halides is 1. The molecule has 0 unspecified atom stereocenters. The number of hydrogen-bond donors (Lipinski definition) is 0. The van der Waals surface area contributed by atoms with E-state index in [1.165, 1.54) is 0 Å². The number of aromatic nitrogens is 1. The SMILES string of the molecule is CCC(CC)(CBr)COc1cccnc1C. The Morgan fingerprint density at radius 3 is 2.56 bits per heavy atom. The molecule has 0 aliphatic heterocycles. The molecule has 1 aromatic heterocycles. The summed E-state index contributed by atoms with van der Waals surface area (Å²) < 4.78 is 5.88. The number of aryl methyl sites for hydroxylation is 1. The zero-order valence-corrected chi connectivity index (χ0v) is 11.9. The van der Waals surface area contributed by atoms with Crippen LogP contribution in [0.3, 0.4) is 0 Å². The fraction of sp³-hybridized carbons (Fsp3) is 0.615. The summed E-state index contributed by atoms with van der Waals surface area (Å²) in [7, 11) is 0. The van der Waals surface area contributed by atoms with Gasteiger partial charge < -0.3 is 4.74 Å². The minimum Gasteiger partial charge on any atom is -0.491 e. The largest absolute Gasteiger partial charge is 0.491 e. The molecular weight excluding hydrogens is 266 g/mol. The summed E-state index contributed by atoms with van der Waals surface area (Å²) in [5, 5.41) is 0.978. The molecule has 0 atom stereocenters. The lowest BCUT2D eigenvalue weighted by molar-refractivity contribution is 0.156. The molecular formula is C13H20BrNO. The molecule has 0 radical (unpaired) electrons. The maximum absolute atomic E-state index is 5.88. The second-order valence-corrected chi connectivity index (χ2v) is 4.78. The number of pyridine rings is 1. The summed E-state index contributed by atoms with van der Waals surface area (Å²) >= 11 is 3.59. The minimum atomic E-state index is 0.238. The van der Waals surface area contributed by atoms with E-state index in [0.717, 1.165) is 36.2 Å². The van der Waals surface area contributed by atoms with Crippen LogP contribution in [-0.4, -0.2) is 16.9 Å². The van der Waals surface area contributed by atoms with E-state index in [-0.39, 0.29) is 5.41 Å². The number of ether oxygens (including phenoxy) is 1. The molecule has 0 spiro atoms. The smallest absolute Gasteiger partial charge is 0.140 e. The number of rotatable bonds is 6. The van der Waals surface area contributed by atoms with Crippen molar-refractivity contribution in [3.8, 4) is 5.75 Å². The molecule has 3 heteroatoms. The van der Waals surface area contributed by atoms with Gasteiger partial charge in [0.1, 0.15) is 5.75 Å². The van der Waals surface area contributed by atoms with Gasteiger partial charge in [0.25, 0.3) is 0 Å². The summed E-state index contributed by atoms with van der Waals surface area (Å²) in [6.07, 6.45) is 4.03. The minimum absolute atomic E-state index is 0.238. The molecule has 0 bridgehead atoms. The number of hydrogen-bond acceptors (Lipinski definition) is 2. The molecule has 90 valence electrons. The average molecular weight is 286 g/mol. The lowest BCUT2D eigenvalue weighted by Gasteiger charge is -2.29. The van der Waals surface area contributed by atoms with Crippen LogP contribution in [0.2, 0.25) is 0 Å². The predicted molar refractivity (Wildman–Crippen MR) is 71.3 cm³/mol. The topological polar surface area (TPSA) is 22.1 Å². The van der Waals surface area contributed by atoms with Gasteiger partial charge in [0.15, 0.2) is 0 Å². The van der Waals surface area contributed by atoms with Gasteiger partial charge in [0.2, 0.25) is 0 Å². The van der Waals surface area contributed by atoms with E-state index in [0.29, 0.717) is 0 Å². The zero-order valence-electron chi connectivity index (χ0n) is 10.3. The highest BCUT2D eigenvalue weighted by Crippen LogP contribution is 2.30. The van der Waals surface area contributed by atoms with Gasteiger partial charge in [-0.3, -0.25) is 4.98 Å². The molecule has 1 heterocycles. The maximum Gasteiger partial charge on any atom is 0.140 e. The van der Waals surface area contributed by atoms with Crippen LogP contribution in [0.4, 0.5) is 0 Å². The molecule has 2 nitrogen and oxygen atoms in total. The van der Waals surface area contributed by atoms with Gasteiger partial charge in [-0.1, -0.05) is 29.8 Å². The van der Waals surface area contributed by atoms with Crippen molar-refractivity contribution in [3.63, 3.8) is 0 Å². The highest BCUT2D eigenvalue weighted by atomic mass is 79.9. The number of nitrogens with zero attached hydrogens (tertiary/aromatic N) is 1. The first-order chi connectivity index (χ1) is 7.67. The van der Waals surface area contributed by atoms with Crippen molar-refractivity contribution in [1.82, 2.24) is 4.98 Å². The second-order valence-electron chi connectivity index (χ2n) is 4.22. The van der Waals surface area contributed by atoms with Gasteiger partial charge >= 0.3 is 0 Å².